The standard InChI is InChI=1S/C18H21N3O2/c1-14-4-10-17(11-5-14)23-13-18(22)20-19-12-15-6-8-16(9-7-15)21(2)3/h4-12H,13H2,1-3H3,(H,20,22). The van der Waals surface area contributed by atoms with Gasteiger partial charge in [0.15, 0.2) is 6.61 Å². The molecule has 0 aliphatic carbocycles. The van der Waals surface area contributed by atoms with Gasteiger partial charge in [0.1, 0.15) is 5.75 Å². The topological polar surface area (TPSA) is 53.9 Å². The first-order chi connectivity index (χ1) is 11.0. The summed E-state index contributed by atoms with van der Waals surface area (Å²) < 4.78 is 5.38. The summed E-state index contributed by atoms with van der Waals surface area (Å²) in [5, 5.41) is 3.92. The molecular formula is C18H21N3O2. The number of hydrazone groups is 1. The third-order valence-corrected chi connectivity index (χ3v) is 3.20. The molecule has 2 aromatic rings. The highest BCUT2D eigenvalue weighted by molar-refractivity contribution is 5.83. The van der Waals surface area contributed by atoms with E-state index in [-0.39, 0.29) is 12.5 Å². The minimum atomic E-state index is -0.299. The average molecular weight is 311 g/mol. The van der Waals surface area contributed by atoms with Gasteiger partial charge in [-0.1, -0.05) is 29.8 Å². The Balaban J connectivity index is 1.78. The number of anilines is 1. The Labute approximate surface area is 136 Å². The molecule has 0 saturated heterocycles. The van der Waals surface area contributed by atoms with E-state index in [1.807, 2.05) is 74.4 Å². The maximum absolute atomic E-state index is 11.7. The molecule has 1 amide bonds. The Morgan fingerprint density at radius 1 is 1.13 bits per heavy atom. The smallest absolute Gasteiger partial charge is 0.277 e. The predicted octanol–water partition coefficient (Wildman–Crippen LogP) is 2.59. The molecule has 5 nitrogen and oxygen atoms in total. The van der Waals surface area contributed by atoms with E-state index in [0.717, 1.165) is 16.8 Å². The normalized spacial score (nSPS) is 10.6. The number of carbonyl (C=O) groups is 1. The van der Waals surface area contributed by atoms with E-state index in [0.29, 0.717) is 5.75 Å². The first-order valence-electron chi connectivity index (χ1n) is 7.33. The predicted molar refractivity (Wildman–Crippen MR) is 93.2 cm³/mol. The van der Waals surface area contributed by atoms with Crippen molar-refractivity contribution in [2.45, 2.75) is 6.92 Å². The van der Waals surface area contributed by atoms with Crippen molar-refractivity contribution in [3.8, 4) is 5.75 Å². The SMILES string of the molecule is Cc1ccc(OCC(=O)NN=Cc2ccc(N(C)C)cc2)cc1. The van der Waals surface area contributed by atoms with E-state index in [4.69, 9.17) is 4.74 Å². The van der Waals surface area contributed by atoms with Crippen LogP contribution in [0, 0.1) is 6.92 Å². The first-order valence-corrected chi connectivity index (χ1v) is 7.33. The number of amides is 1. The summed E-state index contributed by atoms with van der Waals surface area (Å²) in [7, 11) is 3.97. The molecule has 0 radical (unpaired) electrons. The fourth-order valence-electron chi connectivity index (χ4n) is 1.85. The first kappa shape index (κ1) is 16.5. The quantitative estimate of drug-likeness (QED) is 0.659. The van der Waals surface area contributed by atoms with Crippen LogP contribution in [0.3, 0.4) is 0 Å². The third-order valence-electron chi connectivity index (χ3n) is 3.20. The maximum Gasteiger partial charge on any atom is 0.277 e. The average Bonchev–Trinajstić information content (AvgIpc) is 2.55. The highest BCUT2D eigenvalue weighted by Gasteiger charge is 2.01. The lowest BCUT2D eigenvalue weighted by Crippen LogP contribution is -2.24. The van der Waals surface area contributed by atoms with Crippen molar-refractivity contribution >= 4 is 17.8 Å². The van der Waals surface area contributed by atoms with Crippen molar-refractivity contribution in [1.82, 2.24) is 5.43 Å². The number of hydrogen-bond donors (Lipinski definition) is 1. The lowest BCUT2D eigenvalue weighted by molar-refractivity contribution is -0.123. The number of benzene rings is 2. The van der Waals surface area contributed by atoms with Crippen LogP contribution in [0.5, 0.6) is 5.75 Å². The Morgan fingerprint density at radius 2 is 1.78 bits per heavy atom. The van der Waals surface area contributed by atoms with Gasteiger partial charge in [0.05, 0.1) is 6.21 Å². The minimum absolute atomic E-state index is 0.0695. The van der Waals surface area contributed by atoms with Gasteiger partial charge in [-0.15, -0.1) is 0 Å². The van der Waals surface area contributed by atoms with E-state index >= 15 is 0 Å². The van der Waals surface area contributed by atoms with Gasteiger partial charge in [0.25, 0.3) is 5.91 Å². The Kier molecular flexibility index (Phi) is 5.74. The van der Waals surface area contributed by atoms with Gasteiger partial charge in [-0.25, -0.2) is 5.43 Å². The summed E-state index contributed by atoms with van der Waals surface area (Å²) in [4.78, 5) is 13.7. The largest absolute Gasteiger partial charge is 0.484 e. The molecule has 5 heteroatoms. The van der Waals surface area contributed by atoms with Crippen LogP contribution < -0.4 is 15.1 Å². The second-order valence-corrected chi connectivity index (χ2v) is 5.38. The van der Waals surface area contributed by atoms with Crippen molar-refractivity contribution in [3.63, 3.8) is 0 Å². The molecule has 120 valence electrons. The Bertz CT molecular complexity index is 662. The molecule has 2 rings (SSSR count). The van der Waals surface area contributed by atoms with Gasteiger partial charge in [0.2, 0.25) is 0 Å². The van der Waals surface area contributed by atoms with Crippen molar-refractivity contribution in [2.75, 3.05) is 25.6 Å². The molecule has 0 aliphatic heterocycles. The fraction of sp³-hybridized carbons (Fsp3) is 0.222. The summed E-state index contributed by atoms with van der Waals surface area (Å²) in [5.74, 6) is 0.362. The molecule has 2 aromatic carbocycles. The summed E-state index contributed by atoms with van der Waals surface area (Å²) in [6.45, 7) is 1.93. The van der Waals surface area contributed by atoms with Gasteiger partial charge in [-0.05, 0) is 36.8 Å². The van der Waals surface area contributed by atoms with Gasteiger partial charge in [0, 0.05) is 19.8 Å². The van der Waals surface area contributed by atoms with Crippen LogP contribution in [0.2, 0.25) is 0 Å². The lowest BCUT2D eigenvalue weighted by atomic mass is 10.2. The van der Waals surface area contributed by atoms with Crippen LogP contribution in [0.4, 0.5) is 5.69 Å². The second-order valence-electron chi connectivity index (χ2n) is 5.38. The number of hydrogen-bond acceptors (Lipinski definition) is 4. The molecular weight excluding hydrogens is 290 g/mol. The summed E-state index contributed by atoms with van der Waals surface area (Å²) in [6.07, 6.45) is 1.60. The summed E-state index contributed by atoms with van der Waals surface area (Å²) in [5.41, 5.74) is 5.61. The van der Waals surface area contributed by atoms with Gasteiger partial charge >= 0.3 is 0 Å². The van der Waals surface area contributed by atoms with E-state index < -0.39 is 0 Å². The van der Waals surface area contributed by atoms with Crippen LogP contribution in [-0.4, -0.2) is 32.8 Å². The number of rotatable bonds is 6. The van der Waals surface area contributed by atoms with Crippen molar-refractivity contribution in [3.05, 3.63) is 59.7 Å². The number of nitrogens with zero attached hydrogens (tertiary/aromatic N) is 2. The summed E-state index contributed by atoms with van der Waals surface area (Å²) in [6, 6.07) is 15.4. The highest BCUT2D eigenvalue weighted by atomic mass is 16.5. The monoisotopic (exact) mass is 311 g/mol. The maximum atomic E-state index is 11.7. The lowest BCUT2D eigenvalue weighted by Gasteiger charge is -2.11. The van der Waals surface area contributed by atoms with E-state index in [1.165, 1.54) is 0 Å². The number of carbonyl (C=O) groups excluding carboxylic acids is 1. The second kappa shape index (κ2) is 7.98. The summed E-state index contributed by atoms with van der Waals surface area (Å²) >= 11 is 0. The van der Waals surface area contributed by atoms with Crippen LogP contribution in [0.1, 0.15) is 11.1 Å². The zero-order valence-corrected chi connectivity index (χ0v) is 13.6. The van der Waals surface area contributed by atoms with E-state index in [2.05, 4.69) is 10.5 Å². The van der Waals surface area contributed by atoms with Gasteiger partial charge < -0.3 is 9.64 Å². The minimum Gasteiger partial charge on any atom is -0.484 e. The molecule has 0 fully saturated rings. The zero-order chi connectivity index (χ0) is 16.7. The zero-order valence-electron chi connectivity index (χ0n) is 13.6. The van der Waals surface area contributed by atoms with Crippen LogP contribution in [0.25, 0.3) is 0 Å². The molecule has 0 unspecified atom stereocenters. The van der Waals surface area contributed by atoms with Crippen LogP contribution in [-0.2, 0) is 4.79 Å². The highest BCUT2D eigenvalue weighted by Crippen LogP contribution is 2.11. The van der Waals surface area contributed by atoms with Crippen molar-refractivity contribution < 1.29 is 9.53 Å². The molecule has 23 heavy (non-hydrogen) atoms. The van der Waals surface area contributed by atoms with Gasteiger partial charge in [-0.2, -0.15) is 5.10 Å². The molecule has 0 aliphatic rings. The third kappa shape index (κ3) is 5.47. The van der Waals surface area contributed by atoms with Crippen LogP contribution >= 0.6 is 0 Å². The van der Waals surface area contributed by atoms with Crippen LogP contribution in [0.15, 0.2) is 53.6 Å². The van der Waals surface area contributed by atoms with Crippen molar-refractivity contribution in [2.24, 2.45) is 5.10 Å². The number of ether oxygens (including phenoxy) is 1. The van der Waals surface area contributed by atoms with E-state index in [1.54, 1.807) is 6.21 Å². The molecule has 0 atom stereocenters. The molecule has 0 saturated carbocycles. The number of aryl methyl sites for hydroxylation is 1. The fourth-order valence-corrected chi connectivity index (χ4v) is 1.85. The van der Waals surface area contributed by atoms with Gasteiger partial charge in [-0.3, -0.25) is 4.79 Å². The van der Waals surface area contributed by atoms with Crippen molar-refractivity contribution in [1.29, 1.82) is 0 Å². The molecule has 0 bridgehead atoms. The number of nitrogens with one attached hydrogen (secondary N) is 1. The molecule has 1 N–H and O–H groups in total. The van der Waals surface area contributed by atoms with E-state index in [9.17, 15) is 4.79 Å². The Morgan fingerprint density at radius 3 is 2.39 bits per heavy atom. The molecule has 0 aromatic heterocycles. The Hall–Kier alpha value is -2.82. The molecule has 0 spiro atoms. The molecule has 0 heterocycles.